The largest absolute Gasteiger partial charge is 0.496 e. The second-order valence-corrected chi connectivity index (χ2v) is 5.27. The summed E-state index contributed by atoms with van der Waals surface area (Å²) in [7, 11) is 1.66. The second-order valence-electron chi connectivity index (χ2n) is 5.27. The van der Waals surface area contributed by atoms with Gasteiger partial charge in [0.2, 0.25) is 0 Å². The van der Waals surface area contributed by atoms with E-state index in [1.807, 2.05) is 19.1 Å². The molecule has 1 amide bonds. The van der Waals surface area contributed by atoms with E-state index >= 15 is 0 Å². The number of carbonyl (C=O) groups excluding carboxylic acids is 1. The molecule has 0 saturated carbocycles. The Morgan fingerprint density at radius 2 is 2.19 bits per heavy atom. The summed E-state index contributed by atoms with van der Waals surface area (Å²) >= 11 is 0. The lowest BCUT2D eigenvalue weighted by molar-refractivity contribution is 0.105. The van der Waals surface area contributed by atoms with Crippen LogP contribution in [-0.4, -0.2) is 36.2 Å². The number of aromatic amines is 1. The van der Waals surface area contributed by atoms with Crippen LogP contribution in [0.4, 0.5) is 4.79 Å². The van der Waals surface area contributed by atoms with Crippen LogP contribution in [0, 0.1) is 6.92 Å². The molecule has 5 nitrogen and oxygen atoms in total. The van der Waals surface area contributed by atoms with E-state index in [0.29, 0.717) is 19.7 Å². The maximum absolute atomic E-state index is 12.1. The van der Waals surface area contributed by atoms with E-state index in [-0.39, 0.29) is 6.09 Å². The van der Waals surface area contributed by atoms with Crippen LogP contribution >= 0.6 is 0 Å². The zero-order chi connectivity index (χ0) is 15.0. The molecule has 2 heterocycles. The number of amides is 1. The minimum Gasteiger partial charge on any atom is -0.496 e. The first-order valence-electron chi connectivity index (χ1n) is 7.24. The number of hydrogen-bond donors (Lipinski definition) is 1. The molecular formula is C16H20N2O3. The van der Waals surface area contributed by atoms with Gasteiger partial charge >= 0.3 is 6.09 Å². The summed E-state index contributed by atoms with van der Waals surface area (Å²) in [5.74, 6) is 0.818. The minimum atomic E-state index is -0.261. The Hall–Kier alpha value is -2.17. The summed E-state index contributed by atoms with van der Waals surface area (Å²) in [6.07, 6.45) is 0.563. The van der Waals surface area contributed by atoms with Gasteiger partial charge < -0.3 is 19.4 Å². The Balaban J connectivity index is 2.11. The number of benzene rings is 1. The predicted octanol–water partition coefficient (Wildman–Crippen LogP) is 3.00. The number of nitrogens with zero attached hydrogens (tertiary/aromatic N) is 1. The summed E-state index contributed by atoms with van der Waals surface area (Å²) in [6, 6.07) is 3.99. The van der Waals surface area contributed by atoms with E-state index < -0.39 is 0 Å². The SMILES string of the molecule is CCOC(=O)N1CCc2c(C)[nH]c3ccc(OC)c(c23)C1. The molecule has 0 fully saturated rings. The number of carbonyl (C=O) groups is 1. The highest BCUT2D eigenvalue weighted by Crippen LogP contribution is 2.35. The van der Waals surface area contributed by atoms with Gasteiger partial charge in [-0.25, -0.2) is 4.79 Å². The van der Waals surface area contributed by atoms with Gasteiger partial charge in [0, 0.05) is 28.7 Å². The van der Waals surface area contributed by atoms with Crippen LogP contribution in [0.3, 0.4) is 0 Å². The Morgan fingerprint density at radius 3 is 2.90 bits per heavy atom. The molecule has 1 aromatic heterocycles. The molecule has 0 bridgehead atoms. The first-order valence-corrected chi connectivity index (χ1v) is 7.24. The zero-order valence-corrected chi connectivity index (χ0v) is 12.7. The number of rotatable bonds is 2. The number of aryl methyl sites for hydroxylation is 1. The van der Waals surface area contributed by atoms with Crippen molar-refractivity contribution >= 4 is 17.0 Å². The third kappa shape index (κ3) is 2.22. The van der Waals surface area contributed by atoms with E-state index in [0.717, 1.165) is 28.9 Å². The molecule has 1 N–H and O–H groups in total. The lowest BCUT2D eigenvalue weighted by Gasteiger charge is -2.21. The normalized spacial score (nSPS) is 14.1. The molecule has 112 valence electrons. The van der Waals surface area contributed by atoms with E-state index in [1.54, 1.807) is 12.0 Å². The first-order chi connectivity index (χ1) is 10.2. The van der Waals surface area contributed by atoms with Crippen LogP contribution in [0.15, 0.2) is 12.1 Å². The third-order valence-electron chi connectivity index (χ3n) is 4.07. The van der Waals surface area contributed by atoms with Gasteiger partial charge in [0.15, 0.2) is 0 Å². The highest BCUT2D eigenvalue weighted by Gasteiger charge is 2.25. The quantitative estimate of drug-likeness (QED) is 0.924. The number of H-pyrrole nitrogens is 1. The van der Waals surface area contributed by atoms with Gasteiger partial charge in [-0.05, 0) is 38.0 Å². The maximum Gasteiger partial charge on any atom is 0.410 e. The molecule has 0 atom stereocenters. The van der Waals surface area contributed by atoms with Crippen LogP contribution in [0.25, 0.3) is 10.9 Å². The van der Waals surface area contributed by atoms with E-state index in [2.05, 4.69) is 11.9 Å². The fourth-order valence-electron chi connectivity index (χ4n) is 3.09. The summed E-state index contributed by atoms with van der Waals surface area (Å²) < 4.78 is 10.6. The molecule has 0 saturated heterocycles. The lowest BCUT2D eigenvalue weighted by atomic mass is 10.0. The number of hydrogen-bond acceptors (Lipinski definition) is 3. The molecule has 1 aromatic carbocycles. The Labute approximate surface area is 123 Å². The monoisotopic (exact) mass is 288 g/mol. The molecule has 0 radical (unpaired) electrons. The van der Waals surface area contributed by atoms with E-state index in [9.17, 15) is 4.79 Å². The minimum absolute atomic E-state index is 0.261. The zero-order valence-electron chi connectivity index (χ0n) is 12.7. The van der Waals surface area contributed by atoms with Gasteiger partial charge in [-0.1, -0.05) is 0 Å². The Kier molecular flexibility index (Phi) is 3.49. The number of aromatic nitrogens is 1. The number of nitrogens with one attached hydrogen (secondary N) is 1. The molecule has 1 aliphatic rings. The average Bonchev–Trinajstić information content (AvgIpc) is 2.67. The van der Waals surface area contributed by atoms with Crippen LogP contribution in [0.2, 0.25) is 0 Å². The van der Waals surface area contributed by atoms with E-state index in [1.165, 1.54) is 10.9 Å². The molecule has 3 rings (SSSR count). The van der Waals surface area contributed by atoms with Gasteiger partial charge in [0.25, 0.3) is 0 Å². The van der Waals surface area contributed by atoms with Gasteiger partial charge in [0.05, 0.1) is 20.3 Å². The standard InChI is InChI=1S/C16H20N2O3/c1-4-21-16(19)18-8-7-11-10(2)17-13-5-6-14(20-3)12(9-18)15(11)13/h5-6,17H,4,7-9H2,1-3H3. The van der Waals surface area contributed by atoms with Crippen molar-refractivity contribution in [3.8, 4) is 5.75 Å². The van der Waals surface area contributed by atoms with Gasteiger partial charge in [-0.3, -0.25) is 0 Å². The van der Waals surface area contributed by atoms with Crippen molar-refractivity contribution in [2.75, 3.05) is 20.3 Å². The van der Waals surface area contributed by atoms with Crippen molar-refractivity contribution in [2.45, 2.75) is 26.8 Å². The van der Waals surface area contributed by atoms with Crippen molar-refractivity contribution in [2.24, 2.45) is 0 Å². The van der Waals surface area contributed by atoms with Crippen LogP contribution < -0.4 is 4.74 Å². The second kappa shape index (κ2) is 5.31. The molecule has 5 heteroatoms. The van der Waals surface area contributed by atoms with Crippen molar-refractivity contribution in [3.63, 3.8) is 0 Å². The fourth-order valence-corrected chi connectivity index (χ4v) is 3.09. The van der Waals surface area contributed by atoms with Gasteiger partial charge in [-0.2, -0.15) is 0 Å². The molecule has 21 heavy (non-hydrogen) atoms. The highest BCUT2D eigenvalue weighted by molar-refractivity contribution is 5.90. The topological polar surface area (TPSA) is 54.6 Å². The summed E-state index contributed by atoms with van der Waals surface area (Å²) in [4.78, 5) is 17.2. The molecule has 0 aliphatic carbocycles. The lowest BCUT2D eigenvalue weighted by Crippen LogP contribution is -2.32. The molecular weight excluding hydrogens is 268 g/mol. The van der Waals surface area contributed by atoms with Crippen LogP contribution in [-0.2, 0) is 17.7 Å². The van der Waals surface area contributed by atoms with Crippen molar-refractivity contribution < 1.29 is 14.3 Å². The number of methoxy groups -OCH3 is 1. The molecule has 0 unspecified atom stereocenters. The molecule has 1 aliphatic heterocycles. The fraction of sp³-hybridized carbons (Fsp3) is 0.438. The van der Waals surface area contributed by atoms with Crippen LogP contribution in [0.5, 0.6) is 5.75 Å². The molecule has 2 aromatic rings. The first kappa shape index (κ1) is 13.8. The average molecular weight is 288 g/mol. The summed E-state index contributed by atoms with van der Waals surface area (Å²) in [6.45, 7) is 5.47. The maximum atomic E-state index is 12.1. The Morgan fingerprint density at radius 1 is 1.38 bits per heavy atom. The predicted molar refractivity (Wildman–Crippen MR) is 80.7 cm³/mol. The summed E-state index contributed by atoms with van der Waals surface area (Å²) in [5, 5.41) is 1.19. The highest BCUT2D eigenvalue weighted by atomic mass is 16.6. The smallest absolute Gasteiger partial charge is 0.410 e. The number of ether oxygens (including phenoxy) is 2. The van der Waals surface area contributed by atoms with E-state index in [4.69, 9.17) is 9.47 Å². The van der Waals surface area contributed by atoms with Crippen molar-refractivity contribution in [1.29, 1.82) is 0 Å². The van der Waals surface area contributed by atoms with Crippen LogP contribution in [0.1, 0.15) is 23.7 Å². The molecule has 0 spiro atoms. The van der Waals surface area contributed by atoms with Crippen molar-refractivity contribution in [1.82, 2.24) is 9.88 Å². The van der Waals surface area contributed by atoms with Gasteiger partial charge in [-0.15, -0.1) is 0 Å². The third-order valence-corrected chi connectivity index (χ3v) is 4.07. The van der Waals surface area contributed by atoms with Gasteiger partial charge in [0.1, 0.15) is 5.75 Å². The van der Waals surface area contributed by atoms with Crippen molar-refractivity contribution in [3.05, 3.63) is 29.0 Å². The Bertz CT molecular complexity index is 690. The summed E-state index contributed by atoms with van der Waals surface area (Å²) in [5.41, 5.74) is 4.58.